The Bertz CT molecular complexity index is 495. The summed E-state index contributed by atoms with van der Waals surface area (Å²) in [6.45, 7) is 4.10. The van der Waals surface area contributed by atoms with Crippen LogP contribution in [0.25, 0.3) is 0 Å². The lowest BCUT2D eigenvalue weighted by Gasteiger charge is -2.38. The van der Waals surface area contributed by atoms with Gasteiger partial charge in [-0.25, -0.2) is 4.39 Å². The number of nitrogens with zero attached hydrogens (tertiary/aromatic N) is 2. The quantitative estimate of drug-likeness (QED) is 0.834. The molecule has 1 aromatic carbocycles. The van der Waals surface area contributed by atoms with Crippen LogP contribution in [0.3, 0.4) is 0 Å². The molecule has 2 fully saturated rings. The molecule has 0 N–H and O–H groups in total. The highest BCUT2D eigenvalue weighted by Gasteiger charge is 2.29. The van der Waals surface area contributed by atoms with Crippen molar-refractivity contribution >= 4 is 11.6 Å². The Labute approximate surface area is 124 Å². The second-order valence-corrected chi connectivity index (χ2v) is 5.65. The summed E-state index contributed by atoms with van der Waals surface area (Å²) in [5, 5.41) is 0. The van der Waals surface area contributed by atoms with Gasteiger partial charge in [0.2, 0.25) is 5.91 Å². The topological polar surface area (TPSA) is 32.8 Å². The zero-order chi connectivity index (χ0) is 14.7. The van der Waals surface area contributed by atoms with Crippen molar-refractivity contribution in [2.45, 2.75) is 12.8 Å². The van der Waals surface area contributed by atoms with E-state index in [0.29, 0.717) is 45.1 Å². The maximum absolute atomic E-state index is 13.8. The monoisotopic (exact) mass is 292 g/mol. The van der Waals surface area contributed by atoms with Gasteiger partial charge in [0.25, 0.3) is 0 Å². The number of piperazine rings is 1. The zero-order valence-corrected chi connectivity index (χ0v) is 12.1. The van der Waals surface area contributed by atoms with Gasteiger partial charge in [0.15, 0.2) is 0 Å². The number of carbonyl (C=O) groups excluding carboxylic acids is 1. The van der Waals surface area contributed by atoms with Crippen molar-refractivity contribution in [3.8, 4) is 0 Å². The molecule has 2 aliphatic heterocycles. The summed E-state index contributed by atoms with van der Waals surface area (Å²) in [5.74, 6) is 0.159. The number of hydrogen-bond donors (Lipinski definition) is 0. The van der Waals surface area contributed by atoms with Crippen LogP contribution in [0.1, 0.15) is 12.8 Å². The lowest BCUT2D eigenvalue weighted by atomic mass is 9.98. The van der Waals surface area contributed by atoms with Gasteiger partial charge in [0.05, 0.1) is 5.69 Å². The van der Waals surface area contributed by atoms with E-state index in [1.54, 1.807) is 12.1 Å². The average Bonchev–Trinajstić information content (AvgIpc) is 2.56. The summed E-state index contributed by atoms with van der Waals surface area (Å²) in [6, 6.07) is 6.82. The van der Waals surface area contributed by atoms with E-state index in [1.165, 1.54) is 6.07 Å². The van der Waals surface area contributed by atoms with E-state index in [9.17, 15) is 9.18 Å². The molecule has 21 heavy (non-hydrogen) atoms. The normalized spacial score (nSPS) is 20.6. The van der Waals surface area contributed by atoms with Crippen LogP contribution in [0, 0.1) is 11.7 Å². The highest BCUT2D eigenvalue weighted by atomic mass is 19.1. The molecule has 0 unspecified atom stereocenters. The van der Waals surface area contributed by atoms with Gasteiger partial charge < -0.3 is 14.5 Å². The van der Waals surface area contributed by atoms with Gasteiger partial charge in [-0.15, -0.1) is 0 Å². The fourth-order valence-corrected chi connectivity index (χ4v) is 3.08. The van der Waals surface area contributed by atoms with Crippen molar-refractivity contribution in [1.29, 1.82) is 0 Å². The Morgan fingerprint density at radius 3 is 2.43 bits per heavy atom. The van der Waals surface area contributed by atoms with Crippen LogP contribution < -0.4 is 4.90 Å². The van der Waals surface area contributed by atoms with Crippen LogP contribution in [0.15, 0.2) is 24.3 Å². The summed E-state index contributed by atoms with van der Waals surface area (Å²) in [5.41, 5.74) is 0.635. The van der Waals surface area contributed by atoms with E-state index in [2.05, 4.69) is 0 Å². The third kappa shape index (κ3) is 3.18. The summed E-state index contributed by atoms with van der Waals surface area (Å²) < 4.78 is 19.1. The zero-order valence-electron chi connectivity index (χ0n) is 12.1. The second kappa shape index (κ2) is 6.43. The number of amides is 1. The molecule has 3 rings (SSSR count). The molecule has 2 aliphatic rings. The smallest absolute Gasteiger partial charge is 0.225 e. The Morgan fingerprint density at radius 1 is 1.10 bits per heavy atom. The number of halogens is 1. The van der Waals surface area contributed by atoms with Crippen molar-refractivity contribution in [1.82, 2.24) is 4.90 Å². The molecule has 0 saturated carbocycles. The molecule has 1 aromatic rings. The van der Waals surface area contributed by atoms with Gasteiger partial charge in [0.1, 0.15) is 5.82 Å². The van der Waals surface area contributed by atoms with E-state index >= 15 is 0 Å². The molecule has 0 bridgehead atoms. The first-order chi connectivity index (χ1) is 10.3. The van der Waals surface area contributed by atoms with Gasteiger partial charge in [0, 0.05) is 45.3 Å². The molecule has 5 heteroatoms. The Morgan fingerprint density at radius 2 is 1.76 bits per heavy atom. The van der Waals surface area contributed by atoms with Crippen LogP contribution in [0.5, 0.6) is 0 Å². The van der Waals surface area contributed by atoms with Gasteiger partial charge >= 0.3 is 0 Å². The molecule has 4 nitrogen and oxygen atoms in total. The molecule has 0 spiro atoms. The third-order valence-electron chi connectivity index (χ3n) is 4.36. The number of ether oxygens (including phenoxy) is 1. The maximum Gasteiger partial charge on any atom is 0.225 e. The highest BCUT2D eigenvalue weighted by molar-refractivity contribution is 5.79. The van der Waals surface area contributed by atoms with Gasteiger partial charge in [-0.3, -0.25) is 4.79 Å². The van der Waals surface area contributed by atoms with Crippen LogP contribution in [-0.2, 0) is 9.53 Å². The molecule has 0 aromatic heterocycles. The Kier molecular flexibility index (Phi) is 4.39. The predicted molar refractivity (Wildman–Crippen MR) is 78.7 cm³/mol. The second-order valence-electron chi connectivity index (χ2n) is 5.65. The maximum atomic E-state index is 13.8. The van der Waals surface area contributed by atoms with Crippen LogP contribution in [-0.4, -0.2) is 50.2 Å². The van der Waals surface area contributed by atoms with E-state index in [-0.39, 0.29) is 17.6 Å². The molecule has 1 amide bonds. The number of carbonyl (C=O) groups is 1. The Balaban J connectivity index is 1.57. The highest BCUT2D eigenvalue weighted by Crippen LogP contribution is 2.22. The van der Waals surface area contributed by atoms with E-state index < -0.39 is 0 Å². The van der Waals surface area contributed by atoms with E-state index in [1.807, 2.05) is 15.9 Å². The minimum Gasteiger partial charge on any atom is -0.381 e. The molecular weight excluding hydrogens is 271 g/mol. The van der Waals surface area contributed by atoms with Crippen molar-refractivity contribution in [3.63, 3.8) is 0 Å². The number of rotatable bonds is 2. The third-order valence-corrected chi connectivity index (χ3v) is 4.36. The van der Waals surface area contributed by atoms with Crippen molar-refractivity contribution in [3.05, 3.63) is 30.1 Å². The first-order valence-electron chi connectivity index (χ1n) is 7.62. The van der Waals surface area contributed by atoms with Gasteiger partial charge in [-0.05, 0) is 25.0 Å². The molecular formula is C16H21FN2O2. The fourth-order valence-electron chi connectivity index (χ4n) is 3.08. The van der Waals surface area contributed by atoms with Crippen molar-refractivity contribution in [2.75, 3.05) is 44.3 Å². The molecule has 2 saturated heterocycles. The first kappa shape index (κ1) is 14.3. The van der Waals surface area contributed by atoms with Gasteiger partial charge in [-0.2, -0.15) is 0 Å². The summed E-state index contributed by atoms with van der Waals surface area (Å²) in [6.07, 6.45) is 1.65. The molecule has 0 radical (unpaired) electrons. The van der Waals surface area contributed by atoms with E-state index in [4.69, 9.17) is 4.74 Å². The number of benzene rings is 1. The fraction of sp³-hybridized carbons (Fsp3) is 0.562. The largest absolute Gasteiger partial charge is 0.381 e. The number of hydrogen-bond acceptors (Lipinski definition) is 3. The average molecular weight is 292 g/mol. The number of para-hydroxylation sites is 1. The minimum atomic E-state index is -0.193. The number of anilines is 1. The minimum absolute atomic E-state index is 0.110. The van der Waals surface area contributed by atoms with Gasteiger partial charge in [-0.1, -0.05) is 12.1 Å². The SMILES string of the molecule is O=C(C1CCOCC1)N1CCN(c2ccccc2F)CC1. The van der Waals surface area contributed by atoms with Crippen LogP contribution >= 0.6 is 0 Å². The first-order valence-corrected chi connectivity index (χ1v) is 7.62. The van der Waals surface area contributed by atoms with Crippen LogP contribution in [0.4, 0.5) is 10.1 Å². The summed E-state index contributed by atoms with van der Waals surface area (Å²) >= 11 is 0. The van der Waals surface area contributed by atoms with E-state index in [0.717, 1.165) is 12.8 Å². The molecule has 0 atom stereocenters. The van der Waals surface area contributed by atoms with Crippen molar-refractivity contribution in [2.24, 2.45) is 5.92 Å². The summed E-state index contributed by atoms with van der Waals surface area (Å²) in [7, 11) is 0. The lowest BCUT2D eigenvalue weighted by Crippen LogP contribution is -2.51. The molecule has 114 valence electrons. The summed E-state index contributed by atoms with van der Waals surface area (Å²) in [4.78, 5) is 16.4. The van der Waals surface area contributed by atoms with Crippen LogP contribution in [0.2, 0.25) is 0 Å². The molecule has 2 heterocycles. The Hall–Kier alpha value is -1.62. The lowest BCUT2D eigenvalue weighted by molar-refractivity contribution is -0.138. The van der Waals surface area contributed by atoms with Crippen molar-refractivity contribution < 1.29 is 13.9 Å². The molecule has 0 aliphatic carbocycles. The predicted octanol–water partition coefficient (Wildman–Crippen LogP) is 1.90. The standard InChI is InChI=1S/C16H21FN2O2/c17-14-3-1-2-4-15(14)18-7-9-19(10-8-18)16(20)13-5-11-21-12-6-13/h1-4,13H,5-12H2.